The van der Waals surface area contributed by atoms with Gasteiger partial charge in [0.15, 0.2) is 0 Å². The van der Waals surface area contributed by atoms with E-state index in [2.05, 4.69) is 5.32 Å². The van der Waals surface area contributed by atoms with E-state index in [1.807, 2.05) is 0 Å². The van der Waals surface area contributed by atoms with E-state index in [4.69, 9.17) is 0 Å². The molecule has 0 aliphatic heterocycles. The van der Waals surface area contributed by atoms with E-state index in [1.165, 1.54) is 6.92 Å². The van der Waals surface area contributed by atoms with Crippen LogP contribution in [0.25, 0.3) is 0 Å². The van der Waals surface area contributed by atoms with E-state index in [9.17, 15) is 14.7 Å². The minimum Gasteiger partial charge on any atom is -0.507 e. The molecule has 1 amide bonds. The second-order valence-electron chi connectivity index (χ2n) is 3.83. The Morgan fingerprint density at radius 3 is 2.50 bits per heavy atom. The summed E-state index contributed by atoms with van der Waals surface area (Å²) in [5.41, 5.74) is 1.90. The first-order valence-electron chi connectivity index (χ1n) is 5.00. The van der Waals surface area contributed by atoms with Gasteiger partial charge in [-0.05, 0) is 32.4 Å². The molecule has 0 aromatic heterocycles. The number of hydrogen-bond donors (Lipinski definition) is 2. The summed E-state index contributed by atoms with van der Waals surface area (Å²) >= 11 is 0. The number of carbonyl (C=O) groups is 2. The van der Waals surface area contributed by atoms with Crippen molar-refractivity contribution in [1.82, 2.24) is 0 Å². The zero-order chi connectivity index (χ0) is 12.3. The summed E-state index contributed by atoms with van der Waals surface area (Å²) < 4.78 is 0. The van der Waals surface area contributed by atoms with Crippen molar-refractivity contribution in [2.24, 2.45) is 0 Å². The quantitative estimate of drug-likeness (QED) is 0.766. The van der Waals surface area contributed by atoms with E-state index in [0.29, 0.717) is 11.3 Å². The molecule has 4 nitrogen and oxygen atoms in total. The van der Waals surface area contributed by atoms with Crippen molar-refractivity contribution in [2.75, 3.05) is 5.32 Å². The highest BCUT2D eigenvalue weighted by Crippen LogP contribution is 2.27. The van der Waals surface area contributed by atoms with Crippen molar-refractivity contribution in [3.63, 3.8) is 0 Å². The van der Waals surface area contributed by atoms with Crippen LogP contribution in [0, 0.1) is 13.8 Å². The van der Waals surface area contributed by atoms with Crippen LogP contribution in [0.5, 0.6) is 5.75 Å². The normalized spacial score (nSPS) is 9.94. The van der Waals surface area contributed by atoms with Crippen LogP contribution in [0.3, 0.4) is 0 Å². The van der Waals surface area contributed by atoms with E-state index in [0.717, 1.165) is 5.56 Å². The molecule has 0 radical (unpaired) electrons. The van der Waals surface area contributed by atoms with E-state index in [-0.39, 0.29) is 23.9 Å². The molecule has 0 bridgehead atoms. The molecule has 16 heavy (non-hydrogen) atoms. The lowest BCUT2D eigenvalue weighted by Crippen LogP contribution is -2.15. The minimum absolute atomic E-state index is 0.145. The van der Waals surface area contributed by atoms with Crippen LogP contribution in [-0.4, -0.2) is 16.8 Å². The molecule has 0 heterocycles. The molecule has 0 aliphatic rings. The number of nitrogens with one attached hydrogen (secondary N) is 1. The molecule has 0 spiro atoms. The highest BCUT2D eigenvalue weighted by Gasteiger charge is 2.10. The van der Waals surface area contributed by atoms with Crippen molar-refractivity contribution in [3.05, 3.63) is 23.3 Å². The Morgan fingerprint density at radius 2 is 1.94 bits per heavy atom. The topological polar surface area (TPSA) is 66.4 Å². The molecule has 0 fully saturated rings. The van der Waals surface area contributed by atoms with Gasteiger partial charge in [-0.1, -0.05) is 6.07 Å². The van der Waals surface area contributed by atoms with Crippen LogP contribution in [-0.2, 0) is 9.59 Å². The third-order valence-corrected chi connectivity index (χ3v) is 2.32. The predicted molar refractivity (Wildman–Crippen MR) is 61.5 cm³/mol. The van der Waals surface area contributed by atoms with Gasteiger partial charge in [0, 0.05) is 11.3 Å². The molecule has 1 rings (SSSR count). The van der Waals surface area contributed by atoms with Crippen molar-refractivity contribution in [1.29, 1.82) is 0 Å². The predicted octanol–water partition coefficient (Wildman–Crippen LogP) is 1.93. The lowest BCUT2D eigenvalue weighted by atomic mass is 10.1. The van der Waals surface area contributed by atoms with Gasteiger partial charge in [0.2, 0.25) is 5.91 Å². The van der Waals surface area contributed by atoms with Gasteiger partial charge in [-0.15, -0.1) is 0 Å². The molecule has 2 N–H and O–H groups in total. The number of hydrogen-bond acceptors (Lipinski definition) is 3. The molecule has 0 saturated heterocycles. The van der Waals surface area contributed by atoms with Crippen LogP contribution < -0.4 is 5.32 Å². The zero-order valence-corrected chi connectivity index (χ0v) is 9.63. The largest absolute Gasteiger partial charge is 0.507 e. The monoisotopic (exact) mass is 221 g/mol. The summed E-state index contributed by atoms with van der Waals surface area (Å²) in [5.74, 6) is -0.383. The smallest absolute Gasteiger partial charge is 0.231 e. The number of Topliss-reactive ketones (excluding diaryl/α,β-unsaturated/α-hetero) is 1. The Morgan fingerprint density at radius 1 is 1.31 bits per heavy atom. The molecule has 0 saturated carbocycles. The Bertz CT molecular complexity index is 438. The van der Waals surface area contributed by atoms with Crippen molar-refractivity contribution in [3.8, 4) is 5.75 Å². The fourth-order valence-corrected chi connectivity index (χ4v) is 1.39. The maximum absolute atomic E-state index is 11.4. The van der Waals surface area contributed by atoms with Gasteiger partial charge < -0.3 is 10.4 Å². The first-order valence-corrected chi connectivity index (χ1v) is 5.00. The maximum Gasteiger partial charge on any atom is 0.231 e. The lowest BCUT2D eigenvalue weighted by molar-refractivity contribution is -0.124. The van der Waals surface area contributed by atoms with E-state index >= 15 is 0 Å². The molecule has 1 aromatic rings. The molecule has 0 unspecified atom stereocenters. The Kier molecular flexibility index (Phi) is 3.66. The molecular weight excluding hydrogens is 206 g/mol. The Balaban J connectivity index is 2.86. The number of rotatable bonds is 3. The van der Waals surface area contributed by atoms with Gasteiger partial charge in [-0.25, -0.2) is 0 Å². The first kappa shape index (κ1) is 12.2. The van der Waals surface area contributed by atoms with Crippen LogP contribution in [0.4, 0.5) is 5.69 Å². The van der Waals surface area contributed by atoms with Crippen molar-refractivity contribution in [2.45, 2.75) is 27.2 Å². The maximum atomic E-state index is 11.4. The number of benzene rings is 1. The summed E-state index contributed by atoms with van der Waals surface area (Å²) in [6, 6.07) is 3.42. The molecule has 4 heteroatoms. The fraction of sp³-hybridized carbons (Fsp3) is 0.333. The van der Waals surface area contributed by atoms with Gasteiger partial charge in [0.1, 0.15) is 11.5 Å². The second kappa shape index (κ2) is 4.79. The first-order chi connectivity index (χ1) is 7.41. The number of amides is 1. The standard InChI is InChI=1S/C12H15NO3/c1-7-4-5-10(9(3)12(7)16)13-11(15)6-8(2)14/h4-5,16H,6H2,1-3H3,(H,13,15). The third kappa shape index (κ3) is 2.82. The summed E-state index contributed by atoms with van der Waals surface area (Å²) in [7, 11) is 0. The van der Waals surface area contributed by atoms with Crippen molar-refractivity contribution < 1.29 is 14.7 Å². The highest BCUT2D eigenvalue weighted by atomic mass is 16.3. The van der Waals surface area contributed by atoms with Crippen LogP contribution in [0.1, 0.15) is 24.5 Å². The number of phenolic OH excluding ortho intramolecular Hbond substituents is 1. The number of phenols is 1. The van der Waals surface area contributed by atoms with Gasteiger partial charge in [0.25, 0.3) is 0 Å². The summed E-state index contributed by atoms with van der Waals surface area (Å²) in [5, 5.41) is 12.3. The van der Waals surface area contributed by atoms with Gasteiger partial charge in [0.05, 0.1) is 6.42 Å². The Hall–Kier alpha value is -1.84. The SMILES string of the molecule is CC(=O)CC(=O)Nc1ccc(C)c(O)c1C. The molecule has 86 valence electrons. The van der Waals surface area contributed by atoms with E-state index < -0.39 is 0 Å². The highest BCUT2D eigenvalue weighted by molar-refractivity contribution is 6.03. The fourth-order valence-electron chi connectivity index (χ4n) is 1.39. The van der Waals surface area contributed by atoms with Crippen LogP contribution in [0.15, 0.2) is 12.1 Å². The second-order valence-corrected chi connectivity index (χ2v) is 3.83. The average molecular weight is 221 g/mol. The zero-order valence-electron chi connectivity index (χ0n) is 9.63. The molecular formula is C12H15NO3. The van der Waals surface area contributed by atoms with Crippen LogP contribution in [0.2, 0.25) is 0 Å². The summed E-state index contributed by atoms with van der Waals surface area (Å²) in [6.07, 6.45) is -0.145. The van der Waals surface area contributed by atoms with Gasteiger partial charge >= 0.3 is 0 Å². The number of ketones is 1. The minimum atomic E-state index is -0.362. The van der Waals surface area contributed by atoms with Gasteiger partial charge in [-0.3, -0.25) is 9.59 Å². The molecule has 0 aliphatic carbocycles. The van der Waals surface area contributed by atoms with Crippen LogP contribution >= 0.6 is 0 Å². The number of aryl methyl sites for hydroxylation is 1. The molecule has 0 atom stereocenters. The lowest BCUT2D eigenvalue weighted by Gasteiger charge is -2.10. The van der Waals surface area contributed by atoms with Gasteiger partial charge in [-0.2, -0.15) is 0 Å². The number of carbonyl (C=O) groups excluding carboxylic acids is 2. The summed E-state index contributed by atoms with van der Waals surface area (Å²) in [6.45, 7) is 4.86. The molecule has 1 aromatic carbocycles. The third-order valence-electron chi connectivity index (χ3n) is 2.32. The Labute approximate surface area is 94.3 Å². The number of anilines is 1. The summed E-state index contributed by atoms with van der Waals surface area (Å²) in [4.78, 5) is 22.1. The average Bonchev–Trinajstić information content (AvgIpc) is 2.18. The number of aromatic hydroxyl groups is 1. The van der Waals surface area contributed by atoms with Crippen molar-refractivity contribution >= 4 is 17.4 Å². The van der Waals surface area contributed by atoms with E-state index in [1.54, 1.807) is 26.0 Å².